The lowest BCUT2D eigenvalue weighted by Crippen LogP contribution is -2.44. The van der Waals surface area contributed by atoms with Crippen LogP contribution >= 0.6 is 0 Å². The van der Waals surface area contributed by atoms with E-state index in [2.05, 4.69) is 0 Å². The van der Waals surface area contributed by atoms with E-state index in [1.807, 2.05) is 0 Å². The number of carboxylic acids is 2. The van der Waals surface area contributed by atoms with Crippen molar-refractivity contribution in [2.75, 3.05) is 0 Å². The van der Waals surface area contributed by atoms with Gasteiger partial charge in [-0.1, -0.05) is 39.5 Å². The SMILES string of the molecule is CCC(C)(CC)S(=O)(=O)C(CCCCCCCC(=O)O)C(=O)O. The summed E-state index contributed by atoms with van der Waals surface area (Å²) in [5.41, 5.74) is 0. The third-order valence-electron chi connectivity index (χ3n) is 4.69. The Morgan fingerprint density at radius 2 is 1.43 bits per heavy atom. The Morgan fingerprint density at radius 1 is 0.957 bits per heavy atom. The van der Waals surface area contributed by atoms with Gasteiger partial charge >= 0.3 is 11.9 Å². The van der Waals surface area contributed by atoms with Crippen LogP contribution in [0.2, 0.25) is 0 Å². The summed E-state index contributed by atoms with van der Waals surface area (Å²) in [7, 11) is -3.75. The summed E-state index contributed by atoms with van der Waals surface area (Å²) in [6.07, 6.45) is 4.43. The average molecular weight is 350 g/mol. The molecule has 0 fully saturated rings. The van der Waals surface area contributed by atoms with Crippen LogP contribution in [0.25, 0.3) is 0 Å². The molecule has 23 heavy (non-hydrogen) atoms. The first kappa shape index (κ1) is 21.9. The molecule has 0 saturated heterocycles. The van der Waals surface area contributed by atoms with Crippen LogP contribution in [0.5, 0.6) is 0 Å². The fourth-order valence-corrected chi connectivity index (χ4v) is 4.78. The summed E-state index contributed by atoms with van der Waals surface area (Å²) in [6.45, 7) is 5.15. The van der Waals surface area contributed by atoms with Gasteiger partial charge in [0.2, 0.25) is 0 Å². The Bertz CT molecular complexity index is 479. The van der Waals surface area contributed by atoms with Gasteiger partial charge in [-0.15, -0.1) is 0 Å². The van der Waals surface area contributed by atoms with Crippen LogP contribution in [0.3, 0.4) is 0 Å². The fourth-order valence-electron chi connectivity index (χ4n) is 2.54. The molecule has 136 valence electrons. The highest BCUT2D eigenvalue weighted by atomic mass is 32.2. The first-order chi connectivity index (χ1) is 10.6. The van der Waals surface area contributed by atoms with Gasteiger partial charge in [-0.2, -0.15) is 0 Å². The van der Waals surface area contributed by atoms with Crippen molar-refractivity contribution in [3.63, 3.8) is 0 Å². The minimum absolute atomic E-state index is 0.117. The smallest absolute Gasteiger partial charge is 0.321 e. The van der Waals surface area contributed by atoms with Gasteiger partial charge in [0, 0.05) is 6.42 Å². The molecule has 2 N–H and O–H groups in total. The summed E-state index contributed by atoms with van der Waals surface area (Å²) in [5.74, 6) is -2.09. The van der Waals surface area contributed by atoms with Crippen molar-refractivity contribution in [3.05, 3.63) is 0 Å². The van der Waals surface area contributed by atoms with Crippen molar-refractivity contribution >= 4 is 21.8 Å². The molecule has 0 rings (SSSR count). The zero-order valence-corrected chi connectivity index (χ0v) is 15.2. The number of unbranched alkanes of at least 4 members (excludes halogenated alkanes) is 4. The second-order valence-electron chi connectivity index (χ2n) is 6.23. The second-order valence-corrected chi connectivity index (χ2v) is 8.87. The zero-order valence-electron chi connectivity index (χ0n) is 14.4. The van der Waals surface area contributed by atoms with Gasteiger partial charge in [-0.25, -0.2) is 8.42 Å². The zero-order chi connectivity index (χ0) is 18.1. The van der Waals surface area contributed by atoms with Crippen molar-refractivity contribution in [1.82, 2.24) is 0 Å². The summed E-state index contributed by atoms with van der Waals surface area (Å²) < 4.78 is 24.3. The molecule has 1 unspecified atom stereocenters. The molecule has 0 aliphatic carbocycles. The maximum Gasteiger partial charge on any atom is 0.321 e. The largest absolute Gasteiger partial charge is 0.481 e. The Morgan fingerprint density at radius 3 is 1.87 bits per heavy atom. The molecular formula is C16H30O6S. The number of hydrogen-bond acceptors (Lipinski definition) is 4. The monoisotopic (exact) mass is 350 g/mol. The number of rotatable bonds is 13. The van der Waals surface area contributed by atoms with E-state index in [1.54, 1.807) is 20.8 Å². The van der Waals surface area contributed by atoms with Gasteiger partial charge in [-0.3, -0.25) is 9.59 Å². The minimum atomic E-state index is -3.75. The van der Waals surface area contributed by atoms with Crippen LogP contribution in [0, 0.1) is 0 Å². The maximum atomic E-state index is 12.7. The lowest BCUT2D eigenvalue weighted by molar-refractivity contribution is -0.138. The van der Waals surface area contributed by atoms with Gasteiger partial charge in [-0.05, 0) is 32.6 Å². The Labute approximate surface area is 139 Å². The van der Waals surface area contributed by atoms with E-state index in [0.717, 1.165) is 12.8 Å². The number of carboxylic acid groups (broad SMARTS) is 2. The highest BCUT2D eigenvalue weighted by Gasteiger charge is 2.44. The van der Waals surface area contributed by atoms with Crippen LogP contribution in [-0.4, -0.2) is 40.6 Å². The van der Waals surface area contributed by atoms with E-state index in [1.165, 1.54) is 0 Å². The van der Waals surface area contributed by atoms with E-state index < -0.39 is 31.8 Å². The number of aliphatic carboxylic acids is 2. The van der Waals surface area contributed by atoms with E-state index in [4.69, 9.17) is 5.11 Å². The normalized spacial score (nSPS) is 13.7. The first-order valence-corrected chi connectivity index (χ1v) is 9.85. The summed E-state index contributed by atoms with van der Waals surface area (Å²) in [5, 5.41) is 16.5. The molecule has 0 saturated carbocycles. The molecule has 0 heterocycles. The quantitative estimate of drug-likeness (QED) is 0.494. The molecule has 6 nitrogen and oxygen atoms in total. The molecular weight excluding hydrogens is 320 g/mol. The highest BCUT2D eigenvalue weighted by Crippen LogP contribution is 2.31. The molecule has 0 spiro atoms. The molecule has 0 bridgehead atoms. The van der Waals surface area contributed by atoms with Crippen molar-refractivity contribution in [3.8, 4) is 0 Å². The van der Waals surface area contributed by atoms with Crippen molar-refractivity contribution in [2.45, 2.75) is 88.6 Å². The van der Waals surface area contributed by atoms with Gasteiger partial charge in [0.15, 0.2) is 15.1 Å². The molecule has 0 aromatic heterocycles. The Balaban J connectivity index is 4.55. The van der Waals surface area contributed by atoms with E-state index in [9.17, 15) is 23.1 Å². The molecule has 0 radical (unpaired) electrons. The molecule has 0 aliphatic heterocycles. The number of hydrogen-bond donors (Lipinski definition) is 2. The molecule has 7 heteroatoms. The maximum absolute atomic E-state index is 12.7. The Hall–Kier alpha value is -1.11. The van der Waals surface area contributed by atoms with Crippen LogP contribution in [0.4, 0.5) is 0 Å². The minimum Gasteiger partial charge on any atom is -0.481 e. The third kappa shape index (κ3) is 6.49. The second kappa shape index (κ2) is 9.90. The fraction of sp³-hybridized carbons (Fsp3) is 0.875. The van der Waals surface area contributed by atoms with Gasteiger partial charge in [0.25, 0.3) is 0 Å². The van der Waals surface area contributed by atoms with Crippen LogP contribution in [-0.2, 0) is 19.4 Å². The lowest BCUT2D eigenvalue weighted by atomic mass is 10.1. The standard InChI is InChI=1S/C16H30O6S/c1-4-16(3,5-2)23(21,22)13(15(19)20)11-9-7-6-8-10-12-14(17)18/h13H,4-12H2,1-3H3,(H,17,18)(H,19,20). The van der Waals surface area contributed by atoms with Gasteiger partial charge < -0.3 is 10.2 Å². The summed E-state index contributed by atoms with van der Waals surface area (Å²) in [6, 6.07) is 0. The summed E-state index contributed by atoms with van der Waals surface area (Å²) in [4.78, 5) is 21.8. The van der Waals surface area contributed by atoms with Gasteiger partial charge in [0.05, 0.1) is 4.75 Å². The first-order valence-electron chi connectivity index (χ1n) is 8.30. The van der Waals surface area contributed by atoms with Crippen LogP contribution in [0.15, 0.2) is 0 Å². The van der Waals surface area contributed by atoms with Crippen LogP contribution in [0.1, 0.15) is 78.6 Å². The molecule has 0 aliphatic rings. The van der Waals surface area contributed by atoms with Crippen molar-refractivity contribution in [2.24, 2.45) is 0 Å². The van der Waals surface area contributed by atoms with Crippen LogP contribution < -0.4 is 0 Å². The highest BCUT2D eigenvalue weighted by molar-refractivity contribution is 7.94. The van der Waals surface area contributed by atoms with E-state index >= 15 is 0 Å². The average Bonchev–Trinajstić information content (AvgIpc) is 2.47. The van der Waals surface area contributed by atoms with E-state index in [-0.39, 0.29) is 12.8 Å². The summed E-state index contributed by atoms with van der Waals surface area (Å²) >= 11 is 0. The molecule has 1 atom stereocenters. The lowest BCUT2D eigenvalue weighted by Gasteiger charge is -2.30. The number of sulfone groups is 1. The van der Waals surface area contributed by atoms with Crippen molar-refractivity contribution < 1.29 is 28.2 Å². The number of carbonyl (C=O) groups is 2. The van der Waals surface area contributed by atoms with Gasteiger partial charge in [0.1, 0.15) is 0 Å². The molecule has 0 amide bonds. The predicted molar refractivity (Wildman–Crippen MR) is 89.3 cm³/mol. The molecule has 0 aromatic carbocycles. The third-order valence-corrected chi connectivity index (χ3v) is 7.83. The van der Waals surface area contributed by atoms with Crippen molar-refractivity contribution in [1.29, 1.82) is 0 Å². The molecule has 0 aromatic rings. The topological polar surface area (TPSA) is 109 Å². The predicted octanol–water partition coefficient (Wildman–Crippen LogP) is 3.25. The van der Waals surface area contributed by atoms with E-state index in [0.29, 0.717) is 32.1 Å². The Kier molecular flexibility index (Phi) is 9.42.